The van der Waals surface area contributed by atoms with Crippen LogP contribution in [0.1, 0.15) is 16.7 Å². The number of carbonyl (C=O) groups is 1. The van der Waals surface area contributed by atoms with Gasteiger partial charge in [0, 0.05) is 18.1 Å². The Morgan fingerprint density at radius 2 is 1.71 bits per heavy atom. The molecule has 0 radical (unpaired) electrons. The van der Waals surface area contributed by atoms with Crippen LogP contribution in [0.4, 0.5) is 5.69 Å². The van der Waals surface area contributed by atoms with E-state index in [1.54, 1.807) is 48.2 Å². The van der Waals surface area contributed by atoms with Crippen molar-refractivity contribution in [3.63, 3.8) is 0 Å². The fourth-order valence-electron chi connectivity index (χ4n) is 3.70. The number of carbonyl (C=O) groups excluding carboxylic acids is 1. The Bertz CT molecular complexity index is 1220. The van der Waals surface area contributed by atoms with Gasteiger partial charge >= 0.3 is 0 Å². The van der Waals surface area contributed by atoms with Crippen LogP contribution in [0.3, 0.4) is 0 Å². The fourth-order valence-corrected chi connectivity index (χ4v) is 6.10. The van der Waals surface area contributed by atoms with E-state index in [4.69, 9.17) is 4.74 Å². The normalized spacial score (nSPS) is 15.3. The minimum atomic E-state index is -3.71. The molecule has 1 aliphatic heterocycles. The van der Waals surface area contributed by atoms with E-state index in [9.17, 15) is 13.2 Å². The Labute approximate surface area is 205 Å². The van der Waals surface area contributed by atoms with Crippen LogP contribution >= 0.6 is 11.8 Å². The second kappa shape index (κ2) is 11.0. The number of ether oxygens (including phenoxy) is 1. The van der Waals surface area contributed by atoms with Crippen molar-refractivity contribution in [2.24, 2.45) is 0 Å². The Morgan fingerprint density at radius 3 is 2.47 bits per heavy atom. The molecule has 8 heteroatoms. The third kappa shape index (κ3) is 6.12. The van der Waals surface area contributed by atoms with E-state index in [0.29, 0.717) is 23.5 Å². The maximum Gasteiger partial charge on any atom is 0.263 e. The molecule has 1 amide bonds. The number of thioether (sulfide) groups is 1. The lowest BCUT2D eigenvalue weighted by atomic mass is 10.2. The molecule has 1 N–H and O–H groups in total. The molecule has 0 aliphatic carbocycles. The van der Waals surface area contributed by atoms with Gasteiger partial charge in [0.15, 0.2) is 6.10 Å². The lowest BCUT2D eigenvalue weighted by Gasteiger charge is -2.34. The van der Waals surface area contributed by atoms with Crippen molar-refractivity contribution < 1.29 is 17.9 Å². The Morgan fingerprint density at radius 1 is 1.00 bits per heavy atom. The molecule has 1 unspecified atom stereocenters. The monoisotopic (exact) mass is 496 g/mol. The zero-order chi connectivity index (χ0) is 24.0. The summed E-state index contributed by atoms with van der Waals surface area (Å²) in [6.45, 7) is 2.48. The zero-order valence-electron chi connectivity index (χ0n) is 19.0. The molecule has 3 aromatic rings. The summed E-state index contributed by atoms with van der Waals surface area (Å²) in [5.74, 6) is 1.55. The lowest BCUT2D eigenvalue weighted by Crippen LogP contribution is -2.51. The van der Waals surface area contributed by atoms with Gasteiger partial charge in [-0.25, -0.2) is 8.42 Å². The van der Waals surface area contributed by atoms with Crippen LogP contribution in [-0.2, 0) is 26.3 Å². The highest BCUT2D eigenvalue weighted by molar-refractivity contribution is 7.98. The molecule has 6 nitrogen and oxygen atoms in total. The summed E-state index contributed by atoms with van der Waals surface area (Å²) in [7, 11) is -3.71. The molecule has 34 heavy (non-hydrogen) atoms. The van der Waals surface area contributed by atoms with Crippen molar-refractivity contribution in [2.75, 3.05) is 23.1 Å². The molecule has 0 aromatic heterocycles. The number of benzene rings is 3. The number of hydrogen-bond donors (Lipinski definition) is 1. The van der Waals surface area contributed by atoms with Crippen molar-refractivity contribution in [3.8, 4) is 5.75 Å². The van der Waals surface area contributed by atoms with Gasteiger partial charge < -0.3 is 10.1 Å². The predicted octanol–water partition coefficient (Wildman–Crippen LogP) is 4.14. The molecule has 4 rings (SSSR count). The summed E-state index contributed by atoms with van der Waals surface area (Å²) in [6, 6.07) is 24.4. The number of rotatable bonds is 9. The van der Waals surface area contributed by atoms with E-state index in [1.807, 2.05) is 18.2 Å². The summed E-state index contributed by atoms with van der Waals surface area (Å²) in [5.41, 5.74) is 3.62. The van der Waals surface area contributed by atoms with Crippen LogP contribution in [0.5, 0.6) is 5.75 Å². The van der Waals surface area contributed by atoms with Gasteiger partial charge in [-0.05, 0) is 30.2 Å². The topological polar surface area (TPSA) is 75.7 Å². The number of sulfonamides is 1. The van der Waals surface area contributed by atoms with E-state index >= 15 is 0 Å². The van der Waals surface area contributed by atoms with Crippen molar-refractivity contribution >= 4 is 33.4 Å². The lowest BCUT2D eigenvalue weighted by molar-refractivity contribution is -0.127. The third-order valence-electron chi connectivity index (χ3n) is 5.49. The van der Waals surface area contributed by atoms with Gasteiger partial charge in [0.2, 0.25) is 10.0 Å². The minimum absolute atomic E-state index is 0.0610. The SMILES string of the molecule is Cc1ccc(CSCCNC(=O)C2CN(S(=O)(=O)Cc3ccccc3)c3ccccc3O2)cc1. The molecule has 0 saturated carbocycles. The van der Waals surface area contributed by atoms with Gasteiger partial charge in [0.25, 0.3) is 5.91 Å². The maximum absolute atomic E-state index is 13.3. The summed E-state index contributed by atoms with van der Waals surface area (Å²) >= 11 is 1.73. The van der Waals surface area contributed by atoms with Crippen LogP contribution < -0.4 is 14.4 Å². The first-order valence-electron chi connectivity index (χ1n) is 11.1. The van der Waals surface area contributed by atoms with Gasteiger partial charge in [-0.1, -0.05) is 72.3 Å². The smallest absolute Gasteiger partial charge is 0.263 e. The van der Waals surface area contributed by atoms with Crippen molar-refractivity contribution in [1.29, 1.82) is 0 Å². The minimum Gasteiger partial charge on any atom is -0.476 e. The molecular weight excluding hydrogens is 468 g/mol. The summed E-state index contributed by atoms with van der Waals surface area (Å²) in [4.78, 5) is 12.8. The van der Waals surface area contributed by atoms with Gasteiger partial charge in [0.1, 0.15) is 5.75 Å². The quantitative estimate of drug-likeness (QED) is 0.451. The molecule has 0 bridgehead atoms. The molecular formula is C26H28N2O4S2. The van der Waals surface area contributed by atoms with Gasteiger partial charge in [-0.2, -0.15) is 11.8 Å². The zero-order valence-corrected chi connectivity index (χ0v) is 20.6. The van der Waals surface area contributed by atoms with Crippen molar-refractivity contribution in [1.82, 2.24) is 5.32 Å². The highest BCUT2D eigenvalue weighted by atomic mass is 32.2. The molecule has 1 atom stereocenters. The number of nitrogens with zero attached hydrogens (tertiary/aromatic N) is 1. The number of amides is 1. The predicted molar refractivity (Wildman–Crippen MR) is 138 cm³/mol. The largest absolute Gasteiger partial charge is 0.476 e. The van der Waals surface area contributed by atoms with Gasteiger partial charge in [-0.15, -0.1) is 0 Å². The van der Waals surface area contributed by atoms with E-state index in [2.05, 4.69) is 36.5 Å². The first kappa shape index (κ1) is 24.2. The highest BCUT2D eigenvalue weighted by Crippen LogP contribution is 2.35. The molecule has 0 saturated heterocycles. The van der Waals surface area contributed by atoms with Crippen LogP contribution in [-0.4, -0.2) is 39.3 Å². The average molecular weight is 497 g/mol. The van der Waals surface area contributed by atoms with Crippen molar-refractivity contribution in [2.45, 2.75) is 24.5 Å². The Hall–Kier alpha value is -2.97. The van der Waals surface area contributed by atoms with Crippen molar-refractivity contribution in [3.05, 3.63) is 95.6 Å². The Kier molecular flexibility index (Phi) is 7.80. The summed E-state index contributed by atoms with van der Waals surface area (Å²) in [6.07, 6.45) is -0.914. The first-order chi connectivity index (χ1) is 16.4. The number of nitrogens with one attached hydrogen (secondary N) is 1. The average Bonchev–Trinajstić information content (AvgIpc) is 2.84. The van der Waals surface area contributed by atoms with Gasteiger partial charge in [-0.3, -0.25) is 9.10 Å². The molecule has 3 aromatic carbocycles. The standard InChI is InChI=1S/C26H28N2O4S2/c1-20-11-13-21(14-12-20)18-33-16-15-27-26(29)25-17-28(23-9-5-6-10-24(23)32-25)34(30,31)19-22-7-3-2-4-8-22/h2-14,25H,15-19H2,1H3,(H,27,29). The highest BCUT2D eigenvalue weighted by Gasteiger charge is 2.36. The first-order valence-corrected chi connectivity index (χ1v) is 13.9. The number of fused-ring (bicyclic) bond motifs is 1. The number of hydrogen-bond acceptors (Lipinski definition) is 5. The van der Waals surface area contributed by atoms with E-state index in [-0.39, 0.29) is 18.2 Å². The van der Waals surface area contributed by atoms with E-state index in [0.717, 1.165) is 11.5 Å². The molecule has 1 heterocycles. The van der Waals surface area contributed by atoms with Crippen LogP contribution in [0, 0.1) is 6.92 Å². The molecule has 0 spiro atoms. The molecule has 0 fully saturated rings. The van der Waals surface area contributed by atoms with E-state index < -0.39 is 16.1 Å². The van der Waals surface area contributed by atoms with Gasteiger partial charge in [0.05, 0.1) is 18.0 Å². The van der Waals surface area contributed by atoms with Crippen LogP contribution in [0.15, 0.2) is 78.9 Å². The Balaban J connectivity index is 1.37. The van der Waals surface area contributed by atoms with Crippen LogP contribution in [0.25, 0.3) is 0 Å². The number of anilines is 1. The third-order valence-corrected chi connectivity index (χ3v) is 8.24. The fraction of sp³-hybridized carbons (Fsp3) is 0.269. The second-order valence-corrected chi connectivity index (χ2v) is 11.2. The van der Waals surface area contributed by atoms with E-state index in [1.165, 1.54) is 15.4 Å². The number of aryl methyl sites for hydroxylation is 1. The maximum atomic E-state index is 13.3. The summed E-state index contributed by atoms with van der Waals surface area (Å²) in [5, 5.41) is 2.89. The molecule has 1 aliphatic rings. The summed E-state index contributed by atoms with van der Waals surface area (Å²) < 4.78 is 33.7. The van der Waals surface area contributed by atoms with Crippen LogP contribution in [0.2, 0.25) is 0 Å². The number of para-hydroxylation sites is 2. The molecule has 178 valence electrons. The second-order valence-electron chi connectivity index (χ2n) is 8.18.